The number of likely N-dealkylation sites (N-methyl/N-ethyl adjacent to an activating group) is 1. The number of fused-ring (bicyclic) bond motifs is 1. The minimum atomic E-state index is -3.42. The third-order valence-corrected chi connectivity index (χ3v) is 9.83. The Balaban J connectivity index is 1.25. The van der Waals surface area contributed by atoms with Crippen molar-refractivity contribution in [2.45, 2.75) is 37.5 Å². The molecule has 2 atom stereocenters. The van der Waals surface area contributed by atoms with E-state index < -0.39 is 10.0 Å². The first-order valence-electron chi connectivity index (χ1n) is 11.4. The molecule has 3 fully saturated rings. The fraction of sp³-hybridized carbons (Fsp3) is 0.520. The van der Waals surface area contributed by atoms with Crippen LogP contribution in [0.1, 0.15) is 31.4 Å². The van der Waals surface area contributed by atoms with E-state index in [4.69, 9.17) is 0 Å². The van der Waals surface area contributed by atoms with Crippen molar-refractivity contribution in [3.05, 3.63) is 59.7 Å². The molecular formula is C25H33N3O2S. The Morgan fingerprint density at radius 2 is 1.55 bits per heavy atom. The fourth-order valence-corrected chi connectivity index (χ4v) is 7.23. The summed E-state index contributed by atoms with van der Waals surface area (Å²) in [4.78, 5) is 5.27. The molecule has 2 aromatic rings. The van der Waals surface area contributed by atoms with Crippen molar-refractivity contribution in [2.75, 3.05) is 50.7 Å². The number of aryl methyl sites for hydroxylation is 1. The number of nitrogens with zero attached hydrogens (tertiary/aromatic N) is 3. The summed E-state index contributed by atoms with van der Waals surface area (Å²) in [6.07, 6.45) is 1.30. The number of hydrogen-bond donors (Lipinski definition) is 0. The van der Waals surface area contributed by atoms with Crippen molar-refractivity contribution >= 4 is 15.7 Å². The number of piperazine rings is 1. The molecule has 0 bridgehead atoms. The Hall–Kier alpha value is -1.89. The van der Waals surface area contributed by atoms with Crippen molar-refractivity contribution in [3.63, 3.8) is 0 Å². The average molecular weight is 440 g/mol. The van der Waals surface area contributed by atoms with Crippen molar-refractivity contribution < 1.29 is 8.42 Å². The van der Waals surface area contributed by atoms with Crippen molar-refractivity contribution in [2.24, 2.45) is 5.41 Å². The van der Waals surface area contributed by atoms with Crippen LogP contribution in [0.3, 0.4) is 0 Å². The second kappa shape index (κ2) is 7.32. The maximum absolute atomic E-state index is 13.0. The number of piperidine rings is 1. The summed E-state index contributed by atoms with van der Waals surface area (Å²) in [5.74, 6) is 0. The molecule has 2 saturated heterocycles. The van der Waals surface area contributed by atoms with Crippen LogP contribution in [-0.4, -0.2) is 63.4 Å². The molecule has 0 aromatic heterocycles. The summed E-state index contributed by atoms with van der Waals surface area (Å²) in [6.45, 7) is 12.7. The molecule has 0 radical (unpaired) electrons. The van der Waals surface area contributed by atoms with Crippen LogP contribution >= 0.6 is 0 Å². The molecule has 0 amide bonds. The lowest BCUT2D eigenvalue weighted by molar-refractivity contribution is 0.298. The number of anilines is 1. The predicted molar refractivity (Wildman–Crippen MR) is 125 cm³/mol. The summed E-state index contributed by atoms with van der Waals surface area (Å²) >= 11 is 0. The summed E-state index contributed by atoms with van der Waals surface area (Å²) in [5.41, 5.74) is 4.50. The molecule has 5 rings (SSSR count). The number of hydrogen-bond acceptors (Lipinski definition) is 4. The summed E-state index contributed by atoms with van der Waals surface area (Å²) in [5, 5.41) is 0. The molecule has 6 heteroatoms. The smallest absolute Gasteiger partial charge is 0.243 e. The Morgan fingerprint density at radius 1 is 0.903 bits per heavy atom. The third-order valence-electron chi connectivity index (χ3n) is 7.92. The molecule has 0 spiro atoms. The van der Waals surface area contributed by atoms with Gasteiger partial charge in [-0.2, -0.15) is 4.31 Å². The third kappa shape index (κ3) is 3.40. The zero-order valence-corrected chi connectivity index (χ0v) is 19.7. The SMILES string of the molecule is CCN1CC2(C)CC2(c2ccc(N3CCN(S(=O)(=O)c4ccc(C)cc4)CC3)cc2)C1. The minimum Gasteiger partial charge on any atom is -0.369 e. The van der Waals surface area contributed by atoms with E-state index in [1.165, 1.54) is 30.8 Å². The Kier molecular flexibility index (Phi) is 4.96. The molecule has 2 aliphatic heterocycles. The minimum absolute atomic E-state index is 0.336. The highest BCUT2D eigenvalue weighted by atomic mass is 32.2. The normalized spacial score (nSPS) is 29.2. The number of benzene rings is 2. The van der Waals surface area contributed by atoms with Crippen LogP contribution in [0.2, 0.25) is 0 Å². The summed E-state index contributed by atoms with van der Waals surface area (Å²) in [6, 6.07) is 16.2. The van der Waals surface area contributed by atoms with Crippen molar-refractivity contribution in [1.82, 2.24) is 9.21 Å². The lowest BCUT2D eigenvalue weighted by Crippen LogP contribution is -2.48. The van der Waals surface area contributed by atoms with Crippen LogP contribution in [0.25, 0.3) is 0 Å². The van der Waals surface area contributed by atoms with Crippen LogP contribution in [0, 0.1) is 12.3 Å². The van der Waals surface area contributed by atoms with E-state index >= 15 is 0 Å². The highest BCUT2D eigenvalue weighted by Crippen LogP contribution is 2.68. The van der Waals surface area contributed by atoms with E-state index in [0.29, 0.717) is 28.8 Å². The van der Waals surface area contributed by atoms with Crippen LogP contribution in [-0.2, 0) is 15.4 Å². The van der Waals surface area contributed by atoms with E-state index in [-0.39, 0.29) is 0 Å². The molecule has 0 N–H and O–H groups in total. The van der Waals surface area contributed by atoms with Gasteiger partial charge in [0, 0.05) is 50.4 Å². The second-order valence-corrected chi connectivity index (χ2v) is 11.8. The molecular weight excluding hydrogens is 406 g/mol. The highest BCUT2D eigenvalue weighted by Gasteiger charge is 2.69. The van der Waals surface area contributed by atoms with Gasteiger partial charge in [-0.25, -0.2) is 8.42 Å². The zero-order chi connectivity index (χ0) is 21.9. The van der Waals surface area contributed by atoms with E-state index in [2.05, 4.69) is 47.9 Å². The van der Waals surface area contributed by atoms with Crippen LogP contribution in [0.4, 0.5) is 5.69 Å². The van der Waals surface area contributed by atoms with Gasteiger partial charge in [0.05, 0.1) is 4.90 Å². The zero-order valence-electron chi connectivity index (χ0n) is 18.8. The first kappa shape index (κ1) is 21.0. The van der Waals surface area contributed by atoms with Gasteiger partial charge < -0.3 is 9.80 Å². The average Bonchev–Trinajstić information content (AvgIpc) is 3.26. The molecule has 2 aromatic carbocycles. The largest absolute Gasteiger partial charge is 0.369 e. The van der Waals surface area contributed by atoms with Crippen molar-refractivity contribution in [3.8, 4) is 0 Å². The van der Waals surface area contributed by atoms with Gasteiger partial charge in [0.1, 0.15) is 0 Å². The predicted octanol–water partition coefficient (Wildman–Crippen LogP) is 3.49. The van der Waals surface area contributed by atoms with Crippen molar-refractivity contribution in [1.29, 1.82) is 0 Å². The van der Waals surface area contributed by atoms with E-state index in [9.17, 15) is 8.42 Å². The van der Waals surface area contributed by atoms with Gasteiger partial charge in [0.15, 0.2) is 0 Å². The van der Waals surface area contributed by atoms with Gasteiger partial charge in [-0.05, 0) is 55.1 Å². The lowest BCUT2D eigenvalue weighted by Gasteiger charge is -2.35. The lowest BCUT2D eigenvalue weighted by atomic mass is 9.89. The summed E-state index contributed by atoms with van der Waals surface area (Å²) in [7, 11) is -3.42. The van der Waals surface area contributed by atoms with Crippen LogP contribution in [0.15, 0.2) is 53.4 Å². The fourth-order valence-electron chi connectivity index (χ4n) is 5.81. The molecule has 5 nitrogen and oxygen atoms in total. The maximum atomic E-state index is 13.0. The van der Waals surface area contributed by atoms with Gasteiger partial charge in [-0.3, -0.25) is 0 Å². The Morgan fingerprint density at radius 3 is 2.13 bits per heavy atom. The number of likely N-dealkylation sites (tertiary alicyclic amines) is 1. The molecule has 166 valence electrons. The first-order chi connectivity index (χ1) is 14.8. The highest BCUT2D eigenvalue weighted by molar-refractivity contribution is 7.89. The molecule has 31 heavy (non-hydrogen) atoms. The first-order valence-corrected chi connectivity index (χ1v) is 12.9. The number of rotatable bonds is 5. The Bertz CT molecular complexity index is 1060. The van der Waals surface area contributed by atoms with E-state index in [1.807, 2.05) is 19.1 Å². The molecule has 1 aliphatic carbocycles. The van der Waals surface area contributed by atoms with Gasteiger partial charge in [-0.1, -0.05) is 43.7 Å². The van der Waals surface area contributed by atoms with E-state index in [1.54, 1.807) is 16.4 Å². The standard InChI is InChI=1S/C25H33N3O2S/c1-4-26-18-24(3)17-25(24,19-26)21-7-9-22(10-8-21)27-13-15-28(16-14-27)31(29,30)23-11-5-20(2)6-12-23/h5-12H,4,13-19H2,1-3H3. The Labute approximate surface area is 186 Å². The topological polar surface area (TPSA) is 43.9 Å². The van der Waals surface area contributed by atoms with Crippen LogP contribution in [0.5, 0.6) is 0 Å². The molecule has 3 aliphatic rings. The summed E-state index contributed by atoms with van der Waals surface area (Å²) < 4.78 is 27.5. The molecule has 2 heterocycles. The monoisotopic (exact) mass is 439 g/mol. The van der Waals surface area contributed by atoms with Crippen LogP contribution < -0.4 is 4.90 Å². The molecule has 2 unspecified atom stereocenters. The van der Waals surface area contributed by atoms with E-state index in [0.717, 1.165) is 25.2 Å². The van der Waals surface area contributed by atoms with Gasteiger partial charge in [0.25, 0.3) is 0 Å². The van der Waals surface area contributed by atoms with Gasteiger partial charge in [0.2, 0.25) is 10.0 Å². The van der Waals surface area contributed by atoms with Gasteiger partial charge >= 0.3 is 0 Å². The second-order valence-electron chi connectivity index (χ2n) is 9.87. The molecule has 1 saturated carbocycles. The van der Waals surface area contributed by atoms with Gasteiger partial charge in [-0.15, -0.1) is 0 Å². The number of sulfonamides is 1. The quantitative estimate of drug-likeness (QED) is 0.715. The maximum Gasteiger partial charge on any atom is 0.243 e.